The fraction of sp³-hybridized carbons (Fsp3) is 0.125. The molecule has 0 bridgehead atoms. The molecule has 1 aromatic rings. The van der Waals surface area contributed by atoms with E-state index in [1.54, 1.807) is 0 Å². The monoisotopic (exact) mass is 224 g/mol. The number of nitrogens with zero attached hydrogens (tertiary/aromatic N) is 1. The van der Waals surface area contributed by atoms with Crippen LogP contribution in [0.25, 0.3) is 0 Å². The number of para-hydroxylation sites is 1. The molecule has 0 aromatic heterocycles. The predicted octanol–water partition coefficient (Wildman–Crippen LogP) is 0.191. The number of benzene rings is 1. The third-order valence-corrected chi connectivity index (χ3v) is 1.71. The summed E-state index contributed by atoms with van der Waals surface area (Å²) in [6.07, 6.45) is 0. The Hall–Kier alpha value is -2.09. The van der Waals surface area contributed by atoms with Crippen LogP contribution in [0.3, 0.4) is 0 Å². The van der Waals surface area contributed by atoms with E-state index < -0.39 is 18.5 Å². The van der Waals surface area contributed by atoms with Crippen LogP contribution in [-0.4, -0.2) is 23.5 Å². The number of carbonyl (C=O) groups excluding carboxylic acids is 1. The van der Waals surface area contributed by atoms with E-state index >= 15 is 0 Å². The molecule has 0 heterocycles. The molecule has 0 saturated heterocycles. The summed E-state index contributed by atoms with van der Waals surface area (Å²) in [6.45, 7) is 1.24. The van der Waals surface area contributed by atoms with Crippen molar-refractivity contribution in [3.05, 3.63) is 28.3 Å². The summed E-state index contributed by atoms with van der Waals surface area (Å²) in [5.41, 5.74) is -0.352. The average Bonchev–Trinajstić information content (AvgIpc) is 2.16. The van der Waals surface area contributed by atoms with Crippen LogP contribution >= 0.6 is 0 Å². The van der Waals surface area contributed by atoms with Gasteiger partial charge in [-0.15, -0.1) is 0 Å². The van der Waals surface area contributed by atoms with Gasteiger partial charge in [-0.25, -0.2) is 0 Å². The first-order valence-corrected chi connectivity index (χ1v) is 4.35. The third-order valence-electron chi connectivity index (χ3n) is 1.71. The van der Waals surface area contributed by atoms with E-state index in [0.717, 1.165) is 0 Å². The van der Waals surface area contributed by atoms with Crippen LogP contribution in [0, 0.1) is 10.1 Å². The fourth-order valence-electron chi connectivity index (χ4n) is 1.19. The van der Waals surface area contributed by atoms with Crippen LogP contribution in [0.15, 0.2) is 18.2 Å². The molecule has 0 aliphatic carbocycles. The molecular formula is C8H9BN2O5. The molecule has 1 aromatic carbocycles. The zero-order chi connectivity index (χ0) is 12.1. The summed E-state index contributed by atoms with van der Waals surface area (Å²) in [7, 11) is -0.676. The number of amides is 1. The lowest BCUT2D eigenvalue weighted by Gasteiger charge is -2.07. The number of anilines is 1. The zero-order valence-corrected chi connectivity index (χ0v) is 8.47. The second kappa shape index (κ2) is 5.12. The molecule has 0 spiro atoms. The van der Waals surface area contributed by atoms with Gasteiger partial charge >= 0.3 is 13.4 Å². The standard InChI is InChI=1S/C8H9BN2O5/c1-5(12)10-6-3-2-4-7(16-9-13)8(6)11(14)15/h2-4,9,13H,1H3,(H,10,12). The molecule has 8 heteroatoms. The molecule has 0 aliphatic rings. The smallest absolute Gasteiger partial charge is 0.504 e. The summed E-state index contributed by atoms with van der Waals surface area (Å²) in [6, 6.07) is 4.19. The minimum Gasteiger partial charge on any atom is -0.534 e. The van der Waals surface area contributed by atoms with E-state index in [1.807, 2.05) is 0 Å². The normalized spacial score (nSPS) is 9.38. The van der Waals surface area contributed by atoms with Gasteiger partial charge in [-0.1, -0.05) is 6.07 Å². The third kappa shape index (κ3) is 2.70. The van der Waals surface area contributed by atoms with Crippen LogP contribution in [0.1, 0.15) is 6.92 Å². The molecule has 0 radical (unpaired) electrons. The SMILES string of the molecule is CC(=O)Nc1cccc(OBO)c1[N+](=O)[O-]. The molecule has 1 rings (SSSR count). The van der Waals surface area contributed by atoms with Gasteiger partial charge < -0.3 is 15.0 Å². The molecule has 2 N–H and O–H groups in total. The number of rotatable bonds is 4. The maximum atomic E-state index is 10.8. The Morgan fingerprint density at radius 3 is 2.81 bits per heavy atom. The van der Waals surface area contributed by atoms with Gasteiger partial charge in [-0.3, -0.25) is 14.9 Å². The van der Waals surface area contributed by atoms with Gasteiger partial charge in [0, 0.05) is 6.92 Å². The van der Waals surface area contributed by atoms with Crippen molar-refractivity contribution < 1.29 is 19.4 Å². The lowest BCUT2D eigenvalue weighted by molar-refractivity contribution is -0.384. The van der Waals surface area contributed by atoms with Crippen molar-refractivity contribution in [2.75, 3.05) is 5.32 Å². The summed E-state index contributed by atoms with van der Waals surface area (Å²) < 4.78 is 4.68. The fourth-order valence-corrected chi connectivity index (χ4v) is 1.19. The Labute approximate surface area is 91.5 Å². The molecule has 1 amide bonds. The van der Waals surface area contributed by atoms with Crippen molar-refractivity contribution in [1.82, 2.24) is 0 Å². The first kappa shape index (κ1) is 12.0. The van der Waals surface area contributed by atoms with Gasteiger partial charge in [0.25, 0.3) is 0 Å². The maximum Gasteiger partial charge on any atom is 0.504 e. The molecule has 0 fully saturated rings. The van der Waals surface area contributed by atoms with Crippen LogP contribution < -0.4 is 9.97 Å². The van der Waals surface area contributed by atoms with Crippen molar-refractivity contribution in [2.24, 2.45) is 0 Å². The van der Waals surface area contributed by atoms with Crippen molar-refractivity contribution in [1.29, 1.82) is 0 Å². The van der Waals surface area contributed by atoms with E-state index in [2.05, 4.69) is 9.97 Å². The van der Waals surface area contributed by atoms with E-state index in [9.17, 15) is 14.9 Å². The zero-order valence-electron chi connectivity index (χ0n) is 8.47. The van der Waals surface area contributed by atoms with Gasteiger partial charge in [0.2, 0.25) is 5.91 Å². The summed E-state index contributed by atoms with van der Waals surface area (Å²) in [4.78, 5) is 20.9. The van der Waals surface area contributed by atoms with Gasteiger partial charge in [0.15, 0.2) is 5.75 Å². The second-order valence-electron chi connectivity index (χ2n) is 2.86. The molecule has 7 nitrogen and oxygen atoms in total. The number of nitro groups is 1. The van der Waals surface area contributed by atoms with Crippen LogP contribution in [-0.2, 0) is 4.79 Å². The van der Waals surface area contributed by atoms with Gasteiger partial charge in [-0.05, 0) is 12.1 Å². The molecule has 84 valence electrons. The molecular weight excluding hydrogens is 215 g/mol. The predicted molar refractivity (Wildman–Crippen MR) is 57.4 cm³/mol. The second-order valence-corrected chi connectivity index (χ2v) is 2.86. The first-order chi connectivity index (χ1) is 7.56. The highest BCUT2D eigenvalue weighted by Gasteiger charge is 2.21. The van der Waals surface area contributed by atoms with Crippen LogP contribution in [0.4, 0.5) is 11.4 Å². The van der Waals surface area contributed by atoms with Gasteiger partial charge in [-0.2, -0.15) is 0 Å². The topological polar surface area (TPSA) is 102 Å². The Morgan fingerprint density at radius 2 is 2.31 bits per heavy atom. The summed E-state index contributed by atoms with van der Waals surface area (Å²) in [5, 5.41) is 21.7. The van der Waals surface area contributed by atoms with E-state index in [0.29, 0.717) is 0 Å². The van der Waals surface area contributed by atoms with Crippen molar-refractivity contribution >= 4 is 25.0 Å². The number of carbonyl (C=O) groups is 1. The molecule has 16 heavy (non-hydrogen) atoms. The van der Waals surface area contributed by atoms with Crippen molar-refractivity contribution in [3.8, 4) is 5.75 Å². The quantitative estimate of drug-likeness (QED) is 0.431. The Kier molecular flexibility index (Phi) is 3.84. The first-order valence-electron chi connectivity index (χ1n) is 4.35. The minimum absolute atomic E-state index is 0.0310. The highest BCUT2D eigenvalue weighted by atomic mass is 16.6. The lowest BCUT2D eigenvalue weighted by atomic mass is 10.2. The molecule has 0 saturated carbocycles. The minimum atomic E-state index is -0.684. The number of hydrogen-bond acceptors (Lipinski definition) is 5. The average molecular weight is 224 g/mol. The van der Waals surface area contributed by atoms with Crippen molar-refractivity contribution in [2.45, 2.75) is 6.92 Å². The molecule has 0 unspecified atom stereocenters. The Morgan fingerprint density at radius 1 is 1.62 bits per heavy atom. The highest BCUT2D eigenvalue weighted by Crippen LogP contribution is 2.34. The number of nitro benzene ring substituents is 1. The lowest BCUT2D eigenvalue weighted by Crippen LogP contribution is -2.10. The number of nitrogens with one attached hydrogen (secondary N) is 1. The van der Waals surface area contributed by atoms with E-state index in [1.165, 1.54) is 25.1 Å². The number of hydrogen-bond donors (Lipinski definition) is 2. The van der Waals surface area contributed by atoms with Crippen molar-refractivity contribution in [3.63, 3.8) is 0 Å². The van der Waals surface area contributed by atoms with E-state index in [4.69, 9.17) is 5.02 Å². The molecule has 0 aliphatic heterocycles. The van der Waals surface area contributed by atoms with E-state index in [-0.39, 0.29) is 17.1 Å². The van der Waals surface area contributed by atoms with Crippen LogP contribution in [0.5, 0.6) is 5.75 Å². The Balaban J connectivity index is 3.21. The largest absolute Gasteiger partial charge is 0.534 e. The summed E-state index contributed by atoms with van der Waals surface area (Å²) >= 11 is 0. The highest BCUT2D eigenvalue weighted by molar-refractivity contribution is 6.17. The summed E-state index contributed by atoms with van der Waals surface area (Å²) in [5.74, 6) is -0.525. The molecule has 0 atom stereocenters. The maximum absolute atomic E-state index is 10.8. The van der Waals surface area contributed by atoms with Gasteiger partial charge in [0.05, 0.1) is 4.92 Å². The van der Waals surface area contributed by atoms with Gasteiger partial charge in [0.1, 0.15) is 5.69 Å². The van der Waals surface area contributed by atoms with Crippen LogP contribution in [0.2, 0.25) is 0 Å². The Bertz CT molecular complexity index is 423.